The van der Waals surface area contributed by atoms with Gasteiger partial charge >= 0.3 is 0 Å². The smallest absolute Gasteiger partial charge is 0.0737 e. The van der Waals surface area contributed by atoms with Gasteiger partial charge in [-0.3, -0.25) is 0 Å². The molecule has 7 aromatic rings. The average molecular weight is 1010 g/mol. The van der Waals surface area contributed by atoms with Gasteiger partial charge in [-0.25, -0.2) is 9.97 Å². The van der Waals surface area contributed by atoms with Crippen molar-refractivity contribution in [3.05, 3.63) is 159 Å². The molecule has 6 heteroatoms. The summed E-state index contributed by atoms with van der Waals surface area (Å²) in [4.78, 5) is 19.6. The number of rotatable bonds is 6. The number of hydrogen-bond donors (Lipinski definition) is 4. The zero-order valence-electron chi connectivity index (χ0n) is 48.2. The Hall–Kier alpha value is -6.37. The molecule has 2 aliphatic heterocycles. The SMILES string of the molecule is CC(C)(C)c1cc(-c2c3nc(c(-c4cc(C(C)(C)C)cc(C(C)(C)C)c4)c4ccc([nH]4)c(-c4cc(C(C)(C)C)cc(C(C)(C)C)c4)c4nc(c(-c5ccc(NCS)cc5)c5ccc2[nH]5)C=C4)C=C3)cc(C(C)(C)C)c1. The van der Waals surface area contributed by atoms with E-state index in [0.717, 1.165) is 95.0 Å². The van der Waals surface area contributed by atoms with Gasteiger partial charge in [-0.15, -0.1) is 0 Å². The van der Waals surface area contributed by atoms with Gasteiger partial charge in [0.15, 0.2) is 0 Å². The predicted molar refractivity (Wildman–Crippen MR) is 330 cm³/mol. The molecule has 0 atom stereocenters. The van der Waals surface area contributed by atoms with Crippen LogP contribution in [0.15, 0.2) is 103 Å². The molecule has 0 fully saturated rings. The van der Waals surface area contributed by atoms with Crippen molar-refractivity contribution in [2.24, 2.45) is 0 Å². The Morgan fingerprint density at radius 1 is 0.333 bits per heavy atom. The second kappa shape index (κ2) is 19.0. The highest BCUT2D eigenvalue weighted by Gasteiger charge is 2.28. The van der Waals surface area contributed by atoms with Crippen LogP contribution in [0.1, 0.15) is 181 Å². The second-order valence-corrected chi connectivity index (χ2v) is 27.6. The van der Waals surface area contributed by atoms with Crippen molar-refractivity contribution in [3.8, 4) is 44.5 Å². The Morgan fingerprint density at radius 3 is 0.800 bits per heavy atom. The van der Waals surface area contributed by atoms with Gasteiger partial charge in [-0.2, -0.15) is 12.6 Å². The van der Waals surface area contributed by atoms with E-state index in [2.05, 4.69) is 280 Å². The van der Waals surface area contributed by atoms with Crippen molar-refractivity contribution in [3.63, 3.8) is 0 Å². The molecule has 75 heavy (non-hydrogen) atoms. The molecular weight excluding hydrogens is 931 g/mol. The molecule has 0 saturated carbocycles. The number of hydrogen-bond acceptors (Lipinski definition) is 4. The van der Waals surface area contributed by atoms with Gasteiger partial charge in [0.05, 0.1) is 28.7 Å². The molecule has 0 aliphatic carbocycles. The first kappa shape index (κ1) is 53.5. The summed E-state index contributed by atoms with van der Waals surface area (Å²) in [6.45, 7) is 41.6. The molecular formula is C69H81N5S. The highest BCUT2D eigenvalue weighted by molar-refractivity contribution is 7.80. The monoisotopic (exact) mass is 1010 g/mol. The molecule has 0 radical (unpaired) electrons. The number of anilines is 1. The van der Waals surface area contributed by atoms with Crippen molar-refractivity contribution >= 4 is 64.7 Å². The molecule has 2 aliphatic rings. The van der Waals surface area contributed by atoms with E-state index in [1.165, 1.54) is 33.4 Å². The van der Waals surface area contributed by atoms with Gasteiger partial charge in [0.2, 0.25) is 0 Å². The number of H-pyrrole nitrogens is 2. The van der Waals surface area contributed by atoms with Crippen molar-refractivity contribution < 1.29 is 0 Å². The fourth-order valence-electron chi connectivity index (χ4n) is 10.2. The highest BCUT2D eigenvalue weighted by Crippen LogP contribution is 2.44. The minimum absolute atomic E-state index is 0.0934. The minimum Gasteiger partial charge on any atom is -0.376 e. The molecule has 3 aromatic heterocycles. The van der Waals surface area contributed by atoms with E-state index < -0.39 is 0 Å². The Labute approximate surface area is 454 Å². The molecule has 0 amide bonds. The van der Waals surface area contributed by atoms with Crippen LogP contribution < -0.4 is 5.32 Å². The lowest BCUT2D eigenvalue weighted by molar-refractivity contribution is 0.568. The lowest BCUT2D eigenvalue weighted by Crippen LogP contribution is -2.16. The van der Waals surface area contributed by atoms with E-state index in [0.29, 0.717) is 5.88 Å². The Kier molecular flexibility index (Phi) is 13.6. The Balaban J connectivity index is 1.52. The van der Waals surface area contributed by atoms with Crippen LogP contribution in [0.25, 0.3) is 90.9 Å². The number of nitrogens with one attached hydrogen (secondary N) is 3. The number of nitrogens with zero attached hydrogens (tertiary/aromatic N) is 2. The molecule has 0 unspecified atom stereocenters. The van der Waals surface area contributed by atoms with Crippen LogP contribution in [0.5, 0.6) is 0 Å². The fourth-order valence-corrected chi connectivity index (χ4v) is 10.4. The quantitative estimate of drug-likeness (QED) is 0.0991. The summed E-state index contributed by atoms with van der Waals surface area (Å²) in [5.41, 5.74) is 24.3. The summed E-state index contributed by atoms with van der Waals surface area (Å²) in [5.74, 6) is 0.542. The Morgan fingerprint density at radius 2 is 0.573 bits per heavy atom. The van der Waals surface area contributed by atoms with Gasteiger partial charge in [0.1, 0.15) is 0 Å². The van der Waals surface area contributed by atoms with E-state index in [9.17, 15) is 0 Å². The number of aromatic nitrogens is 4. The third-order valence-electron chi connectivity index (χ3n) is 15.1. The number of aromatic amines is 2. The van der Waals surface area contributed by atoms with Crippen LogP contribution in [-0.2, 0) is 32.5 Å². The van der Waals surface area contributed by atoms with Crippen LogP contribution >= 0.6 is 12.6 Å². The van der Waals surface area contributed by atoms with E-state index >= 15 is 0 Å². The lowest BCUT2D eigenvalue weighted by Gasteiger charge is -2.26. The van der Waals surface area contributed by atoms with Crippen molar-refractivity contribution in [1.29, 1.82) is 0 Å². The summed E-state index contributed by atoms with van der Waals surface area (Å²) in [5, 5.41) is 3.37. The fraction of sp³-hybridized carbons (Fsp3) is 0.362. The standard InChI is InChI=1S/C69H81N5S/c1-64(2,3)45-31-42(32-46(37-45)65(4,5)6)61-54-25-23-52(71-54)60(41-19-21-51(22-20-41)70-40-75)53-24-26-55(72-53)62(43-33-47(66(7,8)9)38-48(34-43)67(10,11)12)57-28-30-59(74-57)63(58-29-27-56(61)73-58)44-35-49(68(13,14)15)39-50(36-44)69(16,17)18/h19-39,70-71,74-75H,40H2,1-18H3. The highest BCUT2D eigenvalue weighted by atomic mass is 32.1. The Bertz CT molecular complexity index is 3420. The third kappa shape index (κ3) is 11.0. The zero-order valence-corrected chi connectivity index (χ0v) is 49.1. The lowest BCUT2D eigenvalue weighted by atomic mass is 9.78. The van der Waals surface area contributed by atoms with Crippen LogP contribution in [0.3, 0.4) is 0 Å². The van der Waals surface area contributed by atoms with E-state index in [-0.39, 0.29) is 32.5 Å². The van der Waals surface area contributed by atoms with E-state index in [4.69, 9.17) is 9.97 Å². The van der Waals surface area contributed by atoms with Crippen molar-refractivity contribution in [2.45, 2.75) is 157 Å². The number of benzene rings is 4. The molecule has 9 rings (SSSR count). The van der Waals surface area contributed by atoms with Gasteiger partial charge in [-0.1, -0.05) is 191 Å². The molecule has 5 nitrogen and oxygen atoms in total. The first-order valence-corrected chi connectivity index (χ1v) is 27.6. The number of thiol groups is 1. The third-order valence-corrected chi connectivity index (χ3v) is 15.2. The molecule has 0 saturated heterocycles. The molecule has 4 aromatic carbocycles. The minimum atomic E-state index is -0.0956. The summed E-state index contributed by atoms with van der Waals surface area (Å²) >= 11 is 4.47. The predicted octanol–water partition coefficient (Wildman–Crippen LogP) is 19.4. The molecule has 3 N–H and O–H groups in total. The summed E-state index contributed by atoms with van der Waals surface area (Å²) in [6, 6.07) is 39.2. The van der Waals surface area contributed by atoms with Gasteiger partial charge in [0, 0.05) is 50.0 Å². The van der Waals surface area contributed by atoms with E-state index in [1.54, 1.807) is 0 Å². The molecule has 8 bridgehead atoms. The van der Waals surface area contributed by atoms with Crippen LogP contribution in [0.4, 0.5) is 5.69 Å². The topological polar surface area (TPSA) is 69.4 Å². The van der Waals surface area contributed by atoms with Crippen molar-refractivity contribution in [2.75, 3.05) is 11.2 Å². The molecule has 0 spiro atoms. The van der Waals surface area contributed by atoms with Crippen LogP contribution in [0, 0.1) is 0 Å². The zero-order chi connectivity index (χ0) is 54.4. The van der Waals surface area contributed by atoms with Gasteiger partial charge in [0.25, 0.3) is 0 Å². The van der Waals surface area contributed by atoms with Crippen molar-refractivity contribution in [1.82, 2.24) is 19.9 Å². The molecule has 5 heterocycles. The van der Waals surface area contributed by atoms with E-state index in [1.807, 2.05) is 0 Å². The summed E-state index contributed by atoms with van der Waals surface area (Å²) in [7, 11) is 0. The van der Waals surface area contributed by atoms with Gasteiger partial charge in [-0.05, 0) is 149 Å². The van der Waals surface area contributed by atoms with Crippen LogP contribution in [-0.4, -0.2) is 25.8 Å². The normalized spacial score (nSPS) is 13.5. The number of fused-ring (bicyclic) bond motifs is 8. The van der Waals surface area contributed by atoms with Crippen LogP contribution in [0.2, 0.25) is 0 Å². The maximum atomic E-state index is 5.81. The largest absolute Gasteiger partial charge is 0.376 e. The average Bonchev–Trinajstić information content (AvgIpc) is 4.16. The van der Waals surface area contributed by atoms with Gasteiger partial charge < -0.3 is 15.3 Å². The summed E-state index contributed by atoms with van der Waals surface area (Å²) in [6.07, 6.45) is 8.89. The first-order valence-electron chi connectivity index (χ1n) is 27.0. The maximum Gasteiger partial charge on any atom is 0.0737 e. The second-order valence-electron chi connectivity index (χ2n) is 27.3. The maximum absolute atomic E-state index is 5.81. The summed E-state index contributed by atoms with van der Waals surface area (Å²) < 4.78 is 0. The molecule has 388 valence electrons. The first-order chi connectivity index (χ1) is 34.9.